The number of nitrogens with one attached hydrogen (secondary N) is 2. The van der Waals surface area contributed by atoms with Gasteiger partial charge in [-0.05, 0) is 31.2 Å². The maximum absolute atomic E-state index is 12.3. The number of ether oxygens (including phenoxy) is 1. The molecule has 1 atom stereocenters. The normalized spacial score (nSPS) is 11.6. The van der Waals surface area contributed by atoms with Gasteiger partial charge in [-0.1, -0.05) is 6.07 Å². The number of anilines is 1. The predicted octanol–water partition coefficient (Wildman–Crippen LogP) is 3.63. The van der Waals surface area contributed by atoms with E-state index in [9.17, 15) is 4.79 Å². The largest absolute Gasteiger partial charge is 0.495 e. The van der Waals surface area contributed by atoms with Gasteiger partial charge in [-0.25, -0.2) is 9.78 Å². The fraction of sp³-hybridized carbons (Fsp3) is 0.167. The lowest BCUT2D eigenvalue weighted by molar-refractivity contribution is 0.249. The van der Waals surface area contributed by atoms with Crippen LogP contribution in [0.15, 0.2) is 59.6 Å². The minimum absolute atomic E-state index is 0.243. The summed E-state index contributed by atoms with van der Waals surface area (Å²) in [4.78, 5) is 20.4. The van der Waals surface area contributed by atoms with E-state index in [-0.39, 0.29) is 12.1 Å². The summed E-state index contributed by atoms with van der Waals surface area (Å²) in [7, 11) is 1.57. The Hall–Kier alpha value is -3.35. The fourth-order valence-corrected chi connectivity index (χ4v) is 2.46. The number of benzene rings is 1. The van der Waals surface area contributed by atoms with E-state index in [1.807, 2.05) is 25.1 Å². The average Bonchev–Trinajstić information content (AvgIpc) is 3.16. The molecular weight excluding hydrogens is 320 g/mol. The van der Waals surface area contributed by atoms with Crippen LogP contribution in [-0.2, 0) is 0 Å². The molecule has 2 heterocycles. The van der Waals surface area contributed by atoms with Gasteiger partial charge in [-0.3, -0.25) is 4.98 Å². The van der Waals surface area contributed by atoms with Crippen molar-refractivity contribution in [1.82, 2.24) is 15.3 Å². The van der Waals surface area contributed by atoms with Crippen molar-refractivity contribution in [2.75, 3.05) is 12.4 Å². The van der Waals surface area contributed by atoms with Crippen molar-refractivity contribution in [3.63, 3.8) is 0 Å². The van der Waals surface area contributed by atoms with Crippen LogP contribution in [0.4, 0.5) is 10.5 Å². The molecule has 25 heavy (non-hydrogen) atoms. The Bertz CT molecular complexity index is 849. The summed E-state index contributed by atoms with van der Waals surface area (Å²) in [5.74, 6) is 1.13. The van der Waals surface area contributed by atoms with Crippen LogP contribution < -0.4 is 15.4 Å². The molecule has 0 radical (unpaired) electrons. The number of carbonyl (C=O) groups excluding carboxylic acids is 1. The minimum atomic E-state index is -0.323. The van der Waals surface area contributed by atoms with Crippen LogP contribution in [-0.4, -0.2) is 23.1 Å². The number of carbonyl (C=O) groups is 1. The topological polar surface area (TPSA) is 89.3 Å². The van der Waals surface area contributed by atoms with Crippen LogP contribution in [0.25, 0.3) is 11.5 Å². The monoisotopic (exact) mass is 338 g/mol. The lowest BCUT2D eigenvalue weighted by atomic mass is 10.1. The van der Waals surface area contributed by atoms with Gasteiger partial charge in [0.25, 0.3) is 0 Å². The van der Waals surface area contributed by atoms with Crippen molar-refractivity contribution in [3.05, 3.63) is 60.7 Å². The Kier molecular flexibility index (Phi) is 4.94. The third-order valence-corrected chi connectivity index (χ3v) is 3.65. The van der Waals surface area contributed by atoms with Crippen LogP contribution in [0.3, 0.4) is 0 Å². The molecule has 0 aliphatic carbocycles. The molecule has 0 saturated carbocycles. The molecule has 128 valence electrons. The van der Waals surface area contributed by atoms with Crippen LogP contribution in [0, 0.1) is 0 Å². The highest BCUT2D eigenvalue weighted by molar-refractivity contribution is 5.90. The first-order chi connectivity index (χ1) is 12.2. The molecule has 3 rings (SSSR count). The van der Waals surface area contributed by atoms with E-state index in [2.05, 4.69) is 20.6 Å². The fourth-order valence-electron chi connectivity index (χ4n) is 2.46. The molecule has 0 unspecified atom stereocenters. The van der Waals surface area contributed by atoms with E-state index >= 15 is 0 Å². The molecule has 0 aliphatic rings. The smallest absolute Gasteiger partial charge is 0.319 e. The number of oxazole rings is 1. The highest BCUT2D eigenvalue weighted by atomic mass is 16.5. The Morgan fingerprint density at radius 2 is 2.16 bits per heavy atom. The summed E-state index contributed by atoms with van der Waals surface area (Å²) in [5.41, 5.74) is 2.27. The first kappa shape index (κ1) is 16.5. The second-order valence-corrected chi connectivity index (χ2v) is 5.36. The quantitative estimate of drug-likeness (QED) is 0.741. The van der Waals surface area contributed by atoms with Crippen molar-refractivity contribution in [2.45, 2.75) is 13.0 Å². The molecule has 0 bridgehead atoms. The number of methoxy groups -OCH3 is 1. The first-order valence-electron chi connectivity index (χ1n) is 7.72. The minimum Gasteiger partial charge on any atom is -0.495 e. The number of aromatic nitrogens is 2. The van der Waals surface area contributed by atoms with E-state index in [1.54, 1.807) is 37.8 Å². The zero-order valence-electron chi connectivity index (χ0n) is 13.9. The third-order valence-electron chi connectivity index (χ3n) is 3.65. The number of hydrogen-bond acceptors (Lipinski definition) is 5. The van der Waals surface area contributed by atoms with Gasteiger partial charge in [-0.15, -0.1) is 0 Å². The number of urea groups is 1. The van der Waals surface area contributed by atoms with Crippen molar-refractivity contribution in [2.24, 2.45) is 0 Å². The molecule has 0 spiro atoms. The molecule has 2 amide bonds. The molecule has 7 heteroatoms. The highest BCUT2D eigenvalue weighted by Crippen LogP contribution is 2.24. The van der Waals surface area contributed by atoms with Crippen molar-refractivity contribution >= 4 is 11.7 Å². The second-order valence-electron chi connectivity index (χ2n) is 5.36. The molecule has 2 N–H and O–H groups in total. The standard InChI is InChI=1S/C18H18N4O3/c1-12(15-6-7-19-11-16(15)24-2)21-18(23)22-14-5-3-4-13(10-14)17-20-8-9-25-17/h3-12H,1-2H3,(H2,21,22,23)/t12-/m1/s1. The van der Waals surface area contributed by atoms with E-state index in [4.69, 9.17) is 9.15 Å². The van der Waals surface area contributed by atoms with Crippen LogP contribution in [0.2, 0.25) is 0 Å². The predicted molar refractivity (Wildman–Crippen MR) is 93.3 cm³/mol. The Morgan fingerprint density at radius 1 is 1.28 bits per heavy atom. The van der Waals surface area contributed by atoms with Crippen molar-refractivity contribution < 1.29 is 13.9 Å². The summed E-state index contributed by atoms with van der Waals surface area (Å²) in [6.45, 7) is 1.88. The number of amides is 2. The summed E-state index contributed by atoms with van der Waals surface area (Å²) in [6.07, 6.45) is 6.36. The van der Waals surface area contributed by atoms with Gasteiger partial charge in [0.05, 0.1) is 25.5 Å². The zero-order chi connectivity index (χ0) is 17.6. The highest BCUT2D eigenvalue weighted by Gasteiger charge is 2.14. The lowest BCUT2D eigenvalue weighted by Gasteiger charge is -2.17. The maximum Gasteiger partial charge on any atom is 0.319 e. The molecule has 3 aromatic rings. The molecule has 0 saturated heterocycles. The SMILES string of the molecule is COc1cnccc1[C@@H](C)NC(=O)Nc1cccc(-c2ncco2)c1. The van der Waals surface area contributed by atoms with Gasteiger partial charge >= 0.3 is 6.03 Å². The molecule has 2 aromatic heterocycles. The number of rotatable bonds is 5. The van der Waals surface area contributed by atoms with E-state index in [0.29, 0.717) is 17.3 Å². The Balaban J connectivity index is 1.67. The second kappa shape index (κ2) is 7.48. The zero-order valence-corrected chi connectivity index (χ0v) is 13.9. The summed E-state index contributed by atoms with van der Waals surface area (Å²) >= 11 is 0. The first-order valence-corrected chi connectivity index (χ1v) is 7.72. The van der Waals surface area contributed by atoms with Crippen molar-refractivity contribution in [3.8, 4) is 17.2 Å². The summed E-state index contributed by atoms with van der Waals surface area (Å²) < 4.78 is 10.5. The van der Waals surface area contributed by atoms with Gasteiger partial charge < -0.3 is 19.8 Å². The van der Waals surface area contributed by atoms with Gasteiger partial charge in [0, 0.05) is 23.0 Å². The molecule has 0 fully saturated rings. The number of nitrogens with zero attached hydrogens (tertiary/aromatic N) is 2. The maximum atomic E-state index is 12.3. The van der Waals surface area contributed by atoms with Gasteiger partial charge in [0.1, 0.15) is 12.0 Å². The van der Waals surface area contributed by atoms with Crippen LogP contribution in [0.5, 0.6) is 5.75 Å². The molecule has 0 aliphatic heterocycles. The number of hydrogen-bond donors (Lipinski definition) is 2. The third kappa shape index (κ3) is 3.95. The van der Waals surface area contributed by atoms with E-state index in [1.165, 1.54) is 6.26 Å². The van der Waals surface area contributed by atoms with E-state index < -0.39 is 0 Å². The van der Waals surface area contributed by atoms with E-state index in [0.717, 1.165) is 11.1 Å². The summed E-state index contributed by atoms with van der Waals surface area (Å²) in [6, 6.07) is 8.52. The van der Waals surface area contributed by atoms with Crippen LogP contribution in [0.1, 0.15) is 18.5 Å². The van der Waals surface area contributed by atoms with Gasteiger partial charge in [-0.2, -0.15) is 0 Å². The lowest BCUT2D eigenvalue weighted by Crippen LogP contribution is -2.31. The Morgan fingerprint density at radius 3 is 2.92 bits per heavy atom. The van der Waals surface area contributed by atoms with Gasteiger partial charge in [0.2, 0.25) is 5.89 Å². The number of pyridine rings is 1. The average molecular weight is 338 g/mol. The molecule has 1 aromatic carbocycles. The Labute approximate surface area is 145 Å². The van der Waals surface area contributed by atoms with Gasteiger partial charge in [0.15, 0.2) is 0 Å². The van der Waals surface area contributed by atoms with Crippen LogP contribution >= 0.6 is 0 Å². The molecule has 7 nitrogen and oxygen atoms in total. The van der Waals surface area contributed by atoms with Crippen molar-refractivity contribution in [1.29, 1.82) is 0 Å². The molecular formula is C18H18N4O3. The summed E-state index contributed by atoms with van der Waals surface area (Å²) in [5, 5.41) is 5.68.